The molecule has 0 amide bonds. The van der Waals surface area contributed by atoms with Gasteiger partial charge in [0.25, 0.3) is 0 Å². The molecule has 0 bridgehead atoms. The molecule has 0 radical (unpaired) electrons. The average Bonchev–Trinajstić information content (AvgIpc) is 2.20. The van der Waals surface area contributed by atoms with Crippen molar-refractivity contribution in [2.75, 3.05) is 11.5 Å². The van der Waals surface area contributed by atoms with Gasteiger partial charge >= 0.3 is 5.97 Å². The van der Waals surface area contributed by atoms with Crippen molar-refractivity contribution in [1.82, 2.24) is 0 Å². The number of rotatable bonds is 4. The molecule has 1 rings (SSSR count). The van der Waals surface area contributed by atoms with E-state index in [1.165, 1.54) is 11.8 Å². The first-order valence-corrected chi connectivity index (χ1v) is 7.15. The third-order valence-corrected chi connectivity index (χ3v) is 3.29. The Kier molecular flexibility index (Phi) is 5.35. The largest absolute Gasteiger partial charge is 0.459 e. The van der Waals surface area contributed by atoms with Crippen LogP contribution >= 0.6 is 23.4 Å². The molecular weight excluding hydrogens is 270 g/mol. The summed E-state index contributed by atoms with van der Waals surface area (Å²) in [4.78, 5) is 11.5. The fourth-order valence-corrected chi connectivity index (χ4v) is 2.17. The van der Waals surface area contributed by atoms with E-state index in [1.807, 2.05) is 32.9 Å². The van der Waals surface area contributed by atoms with Crippen molar-refractivity contribution in [3.8, 4) is 0 Å². The van der Waals surface area contributed by atoms with E-state index in [9.17, 15) is 4.79 Å². The number of carbonyl (C=O) groups excluding carboxylic acids is 1. The molecule has 1 aromatic rings. The van der Waals surface area contributed by atoms with E-state index < -0.39 is 5.60 Å². The van der Waals surface area contributed by atoms with Crippen molar-refractivity contribution >= 4 is 35.0 Å². The zero-order valence-electron chi connectivity index (χ0n) is 10.8. The summed E-state index contributed by atoms with van der Waals surface area (Å²) in [7, 11) is 0. The van der Waals surface area contributed by atoms with Gasteiger partial charge in [-0.1, -0.05) is 17.7 Å². The van der Waals surface area contributed by atoms with Gasteiger partial charge in [0.05, 0.1) is 16.5 Å². The molecule has 3 nitrogen and oxygen atoms in total. The van der Waals surface area contributed by atoms with Crippen LogP contribution in [0.15, 0.2) is 18.2 Å². The predicted molar refractivity (Wildman–Crippen MR) is 77.9 cm³/mol. The fourth-order valence-electron chi connectivity index (χ4n) is 1.31. The van der Waals surface area contributed by atoms with Gasteiger partial charge < -0.3 is 10.5 Å². The van der Waals surface area contributed by atoms with E-state index >= 15 is 0 Å². The molecule has 0 aliphatic heterocycles. The molecule has 0 atom stereocenters. The lowest BCUT2D eigenvalue weighted by molar-refractivity contribution is -0.151. The third-order valence-electron chi connectivity index (χ3n) is 1.97. The van der Waals surface area contributed by atoms with Crippen molar-refractivity contribution in [3.63, 3.8) is 0 Å². The summed E-state index contributed by atoms with van der Waals surface area (Å²) in [6.45, 7) is 5.57. The van der Waals surface area contributed by atoms with Gasteiger partial charge in [-0.25, -0.2) is 0 Å². The molecule has 1 aromatic carbocycles. The number of hydrogen-bond donors (Lipinski definition) is 1. The minimum absolute atomic E-state index is 0.200. The van der Waals surface area contributed by atoms with E-state index in [1.54, 1.807) is 6.07 Å². The second-order valence-corrected chi connectivity index (χ2v) is 6.33. The van der Waals surface area contributed by atoms with Crippen molar-refractivity contribution in [2.24, 2.45) is 0 Å². The highest BCUT2D eigenvalue weighted by molar-refractivity contribution is 7.99. The van der Waals surface area contributed by atoms with Crippen LogP contribution in [0.2, 0.25) is 5.02 Å². The summed E-state index contributed by atoms with van der Waals surface area (Å²) < 4.78 is 5.21. The number of anilines is 1. The maximum atomic E-state index is 11.5. The molecule has 2 N–H and O–H groups in total. The van der Waals surface area contributed by atoms with Crippen LogP contribution in [0.4, 0.5) is 5.69 Å². The Morgan fingerprint density at radius 1 is 1.44 bits per heavy atom. The lowest BCUT2D eigenvalue weighted by Crippen LogP contribution is -2.24. The highest BCUT2D eigenvalue weighted by atomic mass is 35.5. The average molecular weight is 288 g/mol. The molecule has 0 unspecified atom stereocenters. The van der Waals surface area contributed by atoms with E-state index in [2.05, 4.69) is 0 Å². The molecule has 0 aromatic heterocycles. The van der Waals surface area contributed by atoms with Crippen molar-refractivity contribution < 1.29 is 9.53 Å². The molecule has 0 spiro atoms. The number of nitrogens with two attached hydrogens (primary N) is 1. The van der Waals surface area contributed by atoms with E-state index in [0.29, 0.717) is 22.2 Å². The Balaban J connectivity index is 2.38. The molecule has 0 fully saturated rings. The second kappa shape index (κ2) is 6.34. The van der Waals surface area contributed by atoms with Gasteiger partial charge in [0.2, 0.25) is 0 Å². The van der Waals surface area contributed by atoms with Crippen LogP contribution in [0.5, 0.6) is 0 Å². The van der Waals surface area contributed by atoms with Gasteiger partial charge in [-0.05, 0) is 38.5 Å². The van der Waals surface area contributed by atoms with E-state index in [0.717, 1.165) is 5.56 Å². The quantitative estimate of drug-likeness (QED) is 0.680. The number of nitrogen functional groups attached to an aromatic ring is 1. The van der Waals surface area contributed by atoms with Crippen molar-refractivity contribution in [1.29, 1.82) is 0 Å². The minimum Gasteiger partial charge on any atom is -0.459 e. The van der Waals surface area contributed by atoms with Crippen molar-refractivity contribution in [2.45, 2.75) is 32.1 Å². The molecule has 18 heavy (non-hydrogen) atoms. The monoisotopic (exact) mass is 287 g/mol. The van der Waals surface area contributed by atoms with Crippen LogP contribution in [0.3, 0.4) is 0 Å². The molecule has 100 valence electrons. The van der Waals surface area contributed by atoms with Gasteiger partial charge in [0.1, 0.15) is 5.60 Å². The smallest absolute Gasteiger partial charge is 0.316 e. The second-order valence-electron chi connectivity index (χ2n) is 4.94. The van der Waals surface area contributed by atoms with E-state index in [-0.39, 0.29) is 5.97 Å². The van der Waals surface area contributed by atoms with Gasteiger partial charge in [-0.15, -0.1) is 11.8 Å². The van der Waals surface area contributed by atoms with Crippen LogP contribution in [-0.4, -0.2) is 17.3 Å². The van der Waals surface area contributed by atoms with Gasteiger partial charge in [-0.3, -0.25) is 4.79 Å². The predicted octanol–water partition coefficient (Wildman–Crippen LogP) is 3.50. The number of halogens is 1. The lowest BCUT2D eigenvalue weighted by atomic mass is 10.2. The van der Waals surface area contributed by atoms with E-state index in [4.69, 9.17) is 22.1 Å². The molecule has 0 saturated heterocycles. The maximum Gasteiger partial charge on any atom is 0.316 e. The summed E-state index contributed by atoms with van der Waals surface area (Å²) in [5.74, 6) is 0.842. The lowest BCUT2D eigenvalue weighted by Gasteiger charge is -2.19. The number of ether oxygens (including phenoxy) is 1. The summed E-state index contributed by atoms with van der Waals surface area (Å²) in [5.41, 5.74) is 6.88. The first-order chi connectivity index (χ1) is 8.28. The standard InChI is InChI=1S/C13H18ClNO2S/c1-13(2,3)17-12(16)8-18-7-9-4-5-10(14)11(15)6-9/h4-6H,7-8,15H2,1-3H3. The highest BCUT2D eigenvalue weighted by Crippen LogP contribution is 2.22. The molecule has 0 aliphatic rings. The SMILES string of the molecule is CC(C)(C)OC(=O)CSCc1ccc(Cl)c(N)c1. The van der Waals surface area contributed by atoms with Crippen LogP contribution in [-0.2, 0) is 15.3 Å². The Morgan fingerprint density at radius 3 is 2.67 bits per heavy atom. The van der Waals surface area contributed by atoms with Crippen molar-refractivity contribution in [3.05, 3.63) is 28.8 Å². The topological polar surface area (TPSA) is 52.3 Å². The number of hydrogen-bond acceptors (Lipinski definition) is 4. The molecular formula is C13H18ClNO2S. The number of carbonyl (C=O) groups is 1. The summed E-state index contributed by atoms with van der Waals surface area (Å²) in [6, 6.07) is 5.49. The van der Waals surface area contributed by atoms with Crippen LogP contribution < -0.4 is 5.73 Å². The van der Waals surface area contributed by atoms with Crippen LogP contribution in [0, 0.1) is 0 Å². The third kappa shape index (κ3) is 5.65. The van der Waals surface area contributed by atoms with Crippen LogP contribution in [0.1, 0.15) is 26.3 Å². The zero-order valence-corrected chi connectivity index (χ0v) is 12.4. The maximum absolute atomic E-state index is 11.5. The molecule has 0 aliphatic carbocycles. The van der Waals surface area contributed by atoms with Gasteiger partial charge in [-0.2, -0.15) is 0 Å². The van der Waals surface area contributed by atoms with Gasteiger partial charge in [0.15, 0.2) is 0 Å². The molecule has 0 saturated carbocycles. The summed E-state index contributed by atoms with van der Waals surface area (Å²) in [5, 5.41) is 0.552. The number of benzene rings is 1. The number of thioether (sulfide) groups is 1. The first-order valence-electron chi connectivity index (χ1n) is 5.61. The van der Waals surface area contributed by atoms with Crippen LogP contribution in [0.25, 0.3) is 0 Å². The first kappa shape index (κ1) is 15.2. The normalized spacial score (nSPS) is 11.3. The highest BCUT2D eigenvalue weighted by Gasteiger charge is 2.15. The Morgan fingerprint density at radius 2 is 2.11 bits per heavy atom. The fraction of sp³-hybridized carbons (Fsp3) is 0.462. The Labute approximate surface area is 117 Å². The molecule has 0 heterocycles. The minimum atomic E-state index is -0.428. The molecule has 5 heteroatoms. The Hall–Kier alpha value is -0.870. The summed E-state index contributed by atoms with van der Waals surface area (Å²) in [6.07, 6.45) is 0. The number of esters is 1. The Bertz CT molecular complexity index is 429. The summed E-state index contributed by atoms with van der Waals surface area (Å²) >= 11 is 7.33. The van der Waals surface area contributed by atoms with Gasteiger partial charge in [0, 0.05) is 5.75 Å². The zero-order chi connectivity index (χ0) is 13.8.